The number of nitrogen functional groups attached to an aromatic ring is 1. The summed E-state index contributed by atoms with van der Waals surface area (Å²) < 4.78 is 53.0. The molecule has 8 N–H and O–H groups in total. The van der Waals surface area contributed by atoms with Crippen molar-refractivity contribution in [2.45, 2.75) is 49.5 Å². The second-order valence-electron chi connectivity index (χ2n) is 7.33. The fourth-order valence-corrected chi connectivity index (χ4v) is 7.23. The number of imidazole rings is 1. The fourth-order valence-electron chi connectivity index (χ4n) is 3.10. The first kappa shape index (κ1) is 29.5. The Morgan fingerprint density at radius 2 is 1.81 bits per heavy atom. The molecule has 0 aromatic carbocycles. The molecule has 6 atom stereocenters. The Kier molecular flexibility index (Phi) is 9.35. The van der Waals surface area contributed by atoms with Gasteiger partial charge in [0.25, 0.3) is 0 Å². The molecular weight excluding hydrogens is 571 g/mol. The van der Waals surface area contributed by atoms with E-state index in [1.54, 1.807) is 0 Å². The minimum atomic E-state index is -5.72. The summed E-state index contributed by atoms with van der Waals surface area (Å²) in [6.07, 6.45) is -3.17. The Balaban J connectivity index is 1.79. The standard InChI is InChI=1S/C14H24N5O13P3S/c1-2-3-4-36-14-18-8-11(15)16-6-17-12(8)19(14)13-10(21)9(20)7(30-13)5-29-34(25,26)32-35(27,28)31-33(22,23)24/h6-7,9-10,13,20-21H,2-5H2,1H3,(H,25,26)(H,27,28)(H2,15,16,17)(H2,22,23,24)/t7-,9-,10-,13?/m1/s1. The van der Waals surface area contributed by atoms with Crippen LogP contribution in [-0.2, 0) is 31.6 Å². The van der Waals surface area contributed by atoms with Crippen molar-refractivity contribution >= 4 is 52.2 Å². The van der Waals surface area contributed by atoms with Gasteiger partial charge in [0.05, 0.1) is 6.61 Å². The SMILES string of the molecule is CCCCSc1nc2c(N)ncnc2n1C1O[C@H](COP(=O)(O)OP(=O)(O)OP(=O)(O)O)[C@@H](O)[C@H]1O. The van der Waals surface area contributed by atoms with Crippen LogP contribution in [0.1, 0.15) is 26.0 Å². The number of hydrogen-bond acceptors (Lipinski definition) is 14. The van der Waals surface area contributed by atoms with Gasteiger partial charge in [0.15, 0.2) is 28.4 Å². The molecule has 1 fully saturated rings. The van der Waals surface area contributed by atoms with Crippen LogP contribution < -0.4 is 5.73 Å². The van der Waals surface area contributed by atoms with Crippen molar-refractivity contribution in [2.75, 3.05) is 18.1 Å². The van der Waals surface area contributed by atoms with E-state index in [4.69, 9.17) is 20.3 Å². The summed E-state index contributed by atoms with van der Waals surface area (Å²) >= 11 is 1.31. The topological polar surface area (TPSA) is 279 Å². The molecule has 22 heteroatoms. The van der Waals surface area contributed by atoms with E-state index < -0.39 is 54.6 Å². The number of ether oxygens (including phenoxy) is 1. The molecule has 3 heterocycles. The summed E-state index contributed by atoms with van der Waals surface area (Å²) in [5, 5.41) is 21.4. The molecule has 0 bridgehead atoms. The van der Waals surface area contributed by atoms with Crippen LogP contribution in [0.3, 0.4) is 0 Å². The molecule has 3 unspecified atom stereocenters. The van der Waals surface area contributed by atoms with Crippen molar-refractivity contribution in [3.63, 3.8) is 0 Å². The van der Waals surface area contributed by atoms with Gasteiger partial charge in [-0.15, -0.1) is 0 Å². The van der Waals surface area contributed by atoms with Crippen LogP contribution >= 0.6 is 35.2 Å². The predicted octanol–water partition coefficient (Wildman–Crippen LogP) is 0.263. The Morgan fingerprint density at radius 1 is 1.11 bits per heavy atom. The number of nitrogens with zero attached hydrogens (tertiary/aromatic N) is 4. The van der Waals surface area contributed by atoms with Crippen LogP contribution in [0.4, 0.5) is 5.82 Å². The number of aliphatic hydroxyl groups excluding tert-OH is 2. The number of aromatic nitrogens is 4. The van der Waals surface area contributed by atoms with Crippen molar-refractivity contribution < 1.29 is 61.4 Å². The summed E-state index contributed by atoms with van der Waals surface area (Å²) in [7, 11) is -16.8. The molecule has 204 valence electrons. The number of phosphoric acid groups is 3. The first-order valence-electron chi connectivity index (χ1n) is 10.1. The molecule has 2 aromatic rings. The van der Waals surface area contributed by atoms with Crippen LogP contribution in [0.15, 0.2) is 11.5 Å². The summed E-state index contributed by atoms with van der Waals surface area (Å²) in [6.45, 7) is 1.04. The lowest BCUT2D eigenvalue weighted by Crippen LogP contribution is -2.33. The maximum Gasteiger partial charge on any atom is 0.490 e. The van der Waals surface area contributed by atoms with Crippen LogP contribution in [0.5, 0.6) is 0 Å². The van der Waals surface area contributed by atoms with E-state index in [2.05, 4.69) is 28.1 Å². The van der Waals surface area contributed by atoms with Gasteiger partial charge in [-0.05, 0) is 6.42 Å². The monoisotopic (exact) mass is 595 g/mol. The van der Waals surface area contributed by atoms with Crippen molar-refractivity contribution in [3.05, 3.63) is 6.33 Å². The lowest BCUT2D eigenvalue weighted by atomic mass is 10.1. The number of anilines is 1. The van der Waals surface area contributed by atoms with Crippen molar-refractivity contribution in [3.8, 4) is 0 Å². The summed E-state index contributed by atoms with van der Waals surface area (Å²) in [6, 6.07) is 0. The Morgan fingerprint density at radius 3 is 2.44 bits per heavy atom. The number of unbranched alkanes of at least 4 members (excludes halogenated alkanes) is 1. The lowest BCUT2D eigenvalue weighted by Gasteiger charge is -2.19. The first-order valence-corrected chi connectivity index (χ1v) is 15.6. The minimum Gasteiger partial charge on any atom is -0.387 e. The average molecular weight is 595 g/mol. The summed E-state index contributed by atoms with van der Waals surface area (Å²) in [4.78, 5) is 48.4. The highest BCUT2D eigenvalue weighted by Crippen LogP contribution is 2.66. The average Bonchev–Trinajstić information content (AvgIpc) is 3.22. The van der Waals surface area contributed by atoms with Gasteiger partial charge in [0, 0.05) is 5.75 Å². The zero-order valence-electron chi connectivity index (χ0n) is 18.4. The van der Waals surface area contributed by atoms with Gasteiger partial charge in [-0.3, -0.25) is 9.09 Å². The minimum absolute atomic E-state index is 0.0633. The van der Waals surface area contributed by atoms with Crippen LogP contribution in [-0.4, -0.2) is 80.0 Å². The lowest BCUT2D eigenvalue weighted by molar-refractivity contribution is -0.0540. The normalized spacial score (nSPS) is 26.2. The number of aliphatic hydroxyl groups is 2. The Labute approximate surface area is 207 Å². The molecule has 0 saturated carbocycles. The van der Waals surface area contributed by atoms with Gasteiger partial charge in [0.1, 0.15) is 24.6 Å². The van der Waals surface area contributed by atoms with E-state index in [0.717, 1.165) is 12.8 Å². The van der Waals surface area contributed by atoms with Crippen molar-refractivity contribution in [1.29, 1.82) is 0 Å². The highest BCUT2D eigenvalue weighted by molar-refractivity contribution is 7.99. The molecule has 1 aliphatic heterocycles. The van der Waals surface area contributed by atoms with Crippen LogP contribution in [0.25, 0.3) is 11.2 Å². The zero-order valence-corrected chi connectivity index (χ0v) is 21.9. The Hall–Kier alpha value is -1.01. The van der Waals surface area contributed by atoms with E-state index >= 15 is 0 Å². The molecule has 1 saturated heterocycles. The third-order valence-electron chi connectivity index (χ3n) is 4.61. The number of rotatable bonds is 12. The third kappa shape index (κ3) is 7.30. The molecule has 2 aromatic heterocycles. The van der Waals surface area contributed by atoms with Crippen LogP contribution in [0, 0.1) is 0 Å². The van der Waals surface area contributed by atoms with Gasteiger partial charge < -0.3 is 40.3 Å². The predicted molar refractivity (Wildman–Crippen MR) is 121 cm³/mol. The number of phosphoric ester groups is 1. The molecule has 36 heavy (non-hydrogen) atoms. The molecule has 18 nitrogen and oxygen atoms in total. The molecule has 3 rings (SSSR count). The number of hydrogen-bond donors (Lipinski definition) is 7. The van der Waals surface area contributed by atoms with Gasteiger partial charge in [-0.1, -0.05) is 25.1 Å². The maximum absolute atomic E-state index is 12.0. The second kappa shape index (κ2) is 11.4. The smallest absolute Gasteiger partial charge is 0.387 e. The van der Waals surface area contributed by atoms with E-state index in [9.17, 15) is 33.7 Å². The van der Waals surface area contributed by atoms with Gasteiger partial charge >= 0.3 is 23.5 Å². The third-order valence-corrected chi connectivity index (χ3v) is 9.45. The van der Waals surface area contributed by atoms with Crippen LogP contribution in [0.2, 0.25) is 0 Å². The van der Waals surface area contributed by atoms with E-state index in [0.29, 0.717) is 10.9 Å². The zero-order chi connectivity index (χ0) is 26.9. The van der Waals surface area contributed by atoms with E-state index in [1.807, 2.05) is 6.92 Å². The highest BCUT2D eigenvalue weighted by Gasteiger charge is 2.47. The highest BCUT2D eigenvalue weighted by atomic mass is 32.2. The van der Waals surface area contributed by atoms with Gasteiger partial charge in [-0.25, -0.2) is 28.6 Å². The second-order valence-corrected chi connectivity index (χ2v) is 12.8. The molecule has 0 aliphatic carbocycles. The summed E-state index contributed by atoms with van der Waals surface area (Å²) in [5.74, 6) is 0.710. The largest absolute Gasteiger partial charge is 0.490 e. The van der Waals surface area contributed by atoms with E-state index in [1.165, 1.54) is 22.7 Å². The van der Waals surface area contributed by atoms with E-state index in [-0.39, 0.29) is 17.0 Å². The first-order chi connectivity index (χ1) is 16.6. The maximum atomic E-state index is 12.0. The number of thioether (sulfide) groups is 1. The molecule has 1 aliphatic rings. The molecule has 0 amide bonds. The van der Waals surface area contributed by atoms with Gasteiger partial charge in [0.2, 0.25) is 0 Å². The molecule has 0 spiro atoms. The Bertz CT molecular complexity index is 1230. The summed E-state index contributed by atoms with van der Waals surface area (Å²) in [5.41, 5.74) is 6.29. The quantitative estimate of drug-likeness (QED) is 0.0984. The van der Waals surface area contributed by atoms with Crippen molar-refractivity contribution in [2.24, 2.45) is 0 Å². The molecular formula is C14H24N5O13P3S. The van der Waals surface area contributed by atoms with Crippen molar-refractivity contribution in [1.82, 2.24) is 19.5 Å². The number of nitrogens with two attached hydrogens (primary N) is 1. The van der Waals surface area contributed by atoms with Gasteiger partial charge in [-0.2, -0.15) is 8.62 Å². The molecule has 0 radical (unpaired) electrons. The number of fused-ring (bicyclic) bond motifs is 1. The fraction of sp³-hybridized carbons (Fsp3) is 0.643.